The molecule has 2 saturated carbocycles. The molecule has 130 valence electrons. The number of hydrogen-bond acceptors (Lipinski definition) is 2. The Labute approximate surface area is 145 Å². The number of carbonyl (C=O) groups is 1. The van der Waals surface area contributed by atoms with Crippen molar-refractivity contribution >= 4 is 5.78 Å². The minimum atomic E-state index is -0.289. The average molecular weight is 326 g/mol. The second-order valence-corrected chi connectivity index (χ2v) is 9.31. The Morgan fingerprint density at radius 3 is 2.79 bits per heavy atom. The molecule has 0 saturated heterocycles. The fourth-order valence-electron chi connectivity index (χ4n) is 6.94. The lowest BCUT2D eigenvalue weighted by molar-refractivity contribution is -0.120. The van der Waals surface area contributed by atoms with Crippen molar-refractivity contribution < 1.29 is 9.90 Å². The van der Waals surface area contributed by atoms with Crippen LogP contribution in [0.2, 0.25) is 0 Å². The van der Waals surface area contributed by atoms with E-state index in [2.05, 4.69) is 39.5 Å². The Morgan fingerprint density at radius 1 is 1.33 bits per heavy atom. The second-order valence-electron chi connectivity index (χ2n) is 9.31. The third-order valence-corrected chi connectivity index (χ3v) is 8.05. The number of fused-ring (bicyclic) bond motifs is 5. The molecule has 0 aromatic carbocycles. The molecule has 1 N–H and O–H groups in total. The fourth-order valence-corrected chi connectivity index (χ4v) is 6.94. The van der Waals surface area contributed by atoms with Gasteiger partial charge in [-0.1, -0.05) is 38.2 Å². The SMILES string of the molecule is C=C(C)[C@H]1CC[C@H]2[C@@H]3C=CC4=CC(=O)CC[C@]4(C)[C@H]3[C@@H](O)C[C@]12C. The quantitative estimate of drug-likeness (QED) is 0.723. The lowest BCUT2D eigenvalue weighted by Crippen LogP contribution is -2.55. The highest BCUT2D eigenvalue weighted by Gasteiger charge is 2.60. The van der Waals surface area contributed by atoms with E-state index < -0.39 is 0 Å². The van der Waals surface area contributed by atoms with Crippen LogP contribution in [-0.2, 0) is 4.79 Å². The van der Waals surface area contributed by atoms with Crippen molar-refractivity contribution in [3.8, 4) is 0 Å². The van der Waals surface area contributed by atoms with Gasteiger partial charge in [-0.2, -0.15) is 0 Å². The van der Waals surface area contributed by atoms with Crippen molar-refractivity contribution in [1.29, 1.82) is 0 Å². The summed E-state index contributed by atoms with van der Waals surface area (Å²) in [6, 6.07) is 0. The zero-order chi connectivity index (χ0) is 17.3. The minimum absolute atomic E-state index is 0.0462. The van der Waals surface area contributed by atoms with Crippen LogP contribution in [0.3, 0.4) is 0 Å². The van der Waals surface area contributed by atoms with E-state index >= 15 is 0 Å². The largest absolute Gasteiger partial charge is 0.393 e. The monoisotopic (exact) mass is 326 g/mol. The molecule has 0 amide bonds. The van der Waals surface area contributed by atoms with Crippen LogP contribution in [0.15, 0.2) is 36.0 Å². The van der Waals surface area contributed by atoms with Crippen molar-refractivity contribution in [2.45, 2.75) is 59.0 Å². The molecule has 0 spiro atoms. The summed E-state index contributed by atoms with van der Waals surface area (Å²) in [7, 11) is 0. The summed E-state index contributed by atoms with van der Waals surface area (Å²) in [4.78, 5) is 11.9. The van der Waals surface area contributed by atoms with Gasteiger partial charge in [-0.25, -0.2) is 0 Å². The van der Waals surface area contributed by atoms with Gasteiger partial charge in [0.05, 0.1) is 6.10 Å². The van der Waals surface area contributed by atoms with Gasteiger partial charge < -0.3 is 5.11 Å². The van der Waals surface area contributed by atoms with E-state index in [-0.39, 0.29) is 28.6 Å². The standard InChI is InChI=1S/C22H30O2/c1-13(2)17-7-8-18-16-6-5-14-11-15(23)9-10-21(14,3)20(16)19(24)12-22(17,18)4/h5-6,11,16-20,24H,1,7-10,12H2,2-4H3/t16-,17+,18-,19-,20+,21-,22+/m0/s1. The zero-order valence-corrected chi connectivity index (χ0v) is 15.2. The highest BCUT2D eigenvalue weighted by atomic mass is 16.3. The molecule has 0 radical (unpaired) electrons. The number of aliphatic hydroxyl groups is 1. The van der Waals surface area contributed by atoms with Crippen molar-refractivity contribution in [2.75, 3.05) is 0 Å². The molecular weight excluding hydrogens is 296 g/mol. The van der Waals surface area contributed by atoms with Crippen molar-refractivity contribution in [3.05, 3.63) is 36.0 Å². The first-order valence-electron chi connectivity index (χ1n) is 9.54. The number of carbonyl (C=O) groups excluding carboxylic acids is 1. The third kappa shape index (κ3) is 2.02. The van der Waals surface area contributed by atoms with Crippen molar-refractivity contribution in [3.63, 3.8) is 0 Å². The van der Waals surface area contributed by atoms with E-state index in [1.54, 1.807) is 0 Å². The van der Waals surface area contributed by atoms with Gasteiger partial charge in [-0.15, -0.1) is 0 Å². The van der Waals surface area contributed by atoms with Crippen LogP contribution in [0.25, 0.3) is 0 Å². The molecule has 0 unspecified atom stereocenters. The van der Waals surface area contributed by atoms with Crippen LogP contribution in [0.5, 0.6) is 0 Å². The number of ketones is 1. The number of aliphatic hydroxyl groups excluding tert-OH is 1. The zero-order valence-electron chi connectivity index (χ0n) is 15.2. The summed E-state index contributed by atoms with van der Waals surface area (Å²) >= 11 is 0. The van der Waals surface area contributed by atoms with E-state index in [9.17, 15) is 9.90 Å². The summed E-state index contributed by atoms with van der Waals surface area (Å²) in [5.41, 5.74) is 2.55. The van der Waals surface area contributed by atoms with E-state index in [4.69, 9.17) is 0 Å². The Morgan fingerprint density at radius 2 is 2.08 bits per heavy atom. The molecule has 2 heteroatoms. The van der Waals surface area contributed by atoms with Crippen LogP contribution in [0, 0.1) is 34.5 Å². The molecule has 0 aromatic rings. The van der Waals surface area contributed by atoms with Gasteiger partial charge in [0.25, 0.3) is 0 Å². The highest BCUT2D eigenvalue weighted by molar-refractivity contribution is 5.92. The van der Waals surface area contributed by atoms with E-state index in [1.807, 2.05) is 6.08 Å². The van der Waals surface area contributed by atoms with Gasteiger partial charge in [-0.05, 0) is 72.8 Å². The molecule has 0 aliphatic heterocycles. The molecule has 24 heavy (non-hydrogen) atoms. The van der Waals surface area contributed by atoms with Crippen LogP contribution < -0.4 is 0 Å². The van der Waals surface area contributed by atoms with Gasteiger partial charge in [0.15, 0.2) is 5.78 Å². The molecule has 0 bridgehead atoms. The summed E-state index contributed by atoms with van der Waals surface area (Å²) in [5, 5.41) is 11.2. The second kappa shape index (κ2) is 5.17. The summed E-state index contributed by atoms with van der Waals surface area (Å²) < 4.78 is 0. The van der Waals surface area contributed by atoms with Gasteiger partial charge in [0.1, 0.15) is 0 Å². The molecule has 4 rings (SSSR count). The number of hydrogen-bond donors (Lipinski definition) is 1. The highest BCUT2D eigenvalue weighted by Crippen LogP contribution is 2.65. The maximum absolute atomic E-state index is 11.9. The molecule has 4 aliphatic carbocycles. The van der Waals surface area contributed by atoms with E-state index in [0.717, 1.165) is 18.4 Å². The average Bonchev–Trinajstić information content (AvgIpc) is 2.84. The Kier molecular flexibility index (Phi) is 3.52. The predicted octanol–water partition coefficient (Wildman–Crippen LogP) is 4.46. The van der Waals surface area contributed by atoms with Gasteiger partial charge in [0.2, 0.25) is 0 Å². The normalized spacial score (nSPS) is 49.9. The lowest BCUT2D eigenvalue weighted by atomic mass is 9.47. The van der Waals surface area contributed by atoms with Crippen molar-refractivity contribution in [2.24, 2.45) is 34.5 Å². The fraction of sp³-hybridized carbons (Fsp3) is 0.682. The van der Waals surface area contributed by atoms with Gasteiger partial charge in [-0.3, -0.25) is 4.79 Å². The Hall–Kier alpha value is -1.15. The Bertz CT molecular complexity index is 657. The van der Waals surface area contributed by atoms with Crippen LogP contribution in [-0.4, -0.2) is 17.0 Å². The molecule has 4 aliphatic rings. The van der Waals surface area contributed by atoms with Crippen LogP contribution in [0.1, 0.15) is 52.9 Å². The lowest BCUT2D eigenvalue weighted by Gasteiger charge is -2.58. The first-order valence-corrected chi connectivity index (χ1v) is 9.54. The summed E-state index contributed by atoms with van der Waals surface area (Å²) in [6.45, 7) is 11.1. The minimum Gasteiger partial charge on any atom is -0.393 e. The molecule has 2 nitrogen and oxygen atoms in total. The van der Waals surface area contributed by atoms with Crippen LogP contribution in [0.4, 0.5) is 0 Å². The van der Waals surface area contributed by atoms with E-state index in [0.29, 0.717) is 24.2 Å². The van der Waals surface area contributed by atoms with Crippen molar-refractivity contribution in [1.82, 2.24) is 0 Å². The maximum atomic E-state index is 11.9. The summed E-state index contributed by atoms with van der Waals surface area (Å²) in [5.74, 6) is 2.08. The first kappa shape index (κ1) is 16.3. The third-order valence-electron chi connectivity index (χ3n) is 8.05. The van der Waals surface area contributed by atoms with Crippen LogP contribution >= 0.6 is 0 Å². The predicted molar refractivity (Wildman–Crippen MR) is 96.3 cm³/mol. The Balaban J connectivity index is 1.78. The molecule has 0 aromatic heterocycles. The molecule has 7 atom stereocenters. The maximum Gasteiger partial charge on any atom is 0.156 e. The molecule has 0 heterocycles. The topological polar surface area (TPSA) is 37.3 Å². The van der Waals surface area contributed by atoms with Gasteiger partial charge >= 0.3 is 0 Å². The summed E-state index contributed by atoms with van der Waals surface area (Å²) in [6.07, 6.45) is 10.9. The molecular formula is C22H30O2. The number of rotatable bonds is 1. The smallest absolute Gasteiger partial charge is 0.156 e. The van der Waals surface area contributed by atoms with Gasteiger partial charge in [0, 0.05) is 12.3 Å². The number of allylic oxidation sites excluding steroid dienone is 5. The first-order chi connectivity index (χ1) is 11.3. The molecule has 2 fully saturated rings. The van der Waals surface area contributed by atoms with E-state index in [1.165, 1.54) is 18.4 Å².